The second-order valence-corrected chi connectivity index (χ2v) is 5.55. The third-order valence-electron chi connectivity index (χ3n) is 3.19. The van der Waals surface area contributed by atoms with Crippen molar-refractivity contribution in [3.8, 4) is 5.75 Å². The summed E-state index contributed by atoms with van der Waals surface area (Å²) in [6.07, 6.45) is 1.96. The van der Waals surface area contributed by atoms with Crippen LogP contribution in [0.2, 0.25) is 5.02 Å². The van der Waals surface area contributed by atoms with Crippen LogP contribution in [-0.4, -0.2) is 31.5 Å². The summed E-state index contributed by atoms with van der Waals surface area (Å²) in [7, 11) is 0. The third kappa shape index (κ3) is 5.27. The van der Waals surface area contributed by atoms with E-state index in [0.29, 0.717) is 23.9 Å². The molecule has 1 aliphatic rings. The first kappa shape index (κ1) is 15.6. The van der Waals surface area contributed by atoms with Crippen LogP contribution in [0.3, 0.4) is 0 Å². The van der Waals surface area contributed by atoms with Crippen LogP contribution >= 0.6 is 11.6 Å². The summed E-state index contributed by atoms with van der Waals surface area (Å²) in [5.41, 5.74) is 0.881. The first-order chi connectivity index (χ1) is 10.1. The van der Waals surface area contributed by atoms with E-state index in [1.807, 2.05) is 6.92 Å². The molecule has 2 amide bonds. The number of ether oxygens (including phenoxy) is 1. The molecule has 0 aromatic heterocycles. The van der Waals surface area contributed by atoms with Gasteiger partial charge in [-0.05, 0) is 43.5 Å². The highest BCUT2D eigenvalue weighted by Crippen LogP contribution is 2.28. The molecule has 0 spiro atoms. The van der Waals surface area contributed by atoms with Gasteiger partial charge >= 0.3 is 0 Å². The van der Waals surface area contributed by atoms with Crippen molar-refractivity contribution in [3.63, 3.8) is 0 Å². The molecule has 2 rings (SSSR count). The molecule has 0 atom stereocenters. The van der Waals surface area contributed by atoms with Crippen LogP contribution in [0.15, 0.2) is 18.2 Å². The average molecular weight is 311 g/mol. The molecule has 0 radical (unpaired) electrons. The van der Waals surface area contributed by atoms with E-state index in [9.17, 15) is 9.59 Å². The molecule has 0 saturated heterocycles. The lowest BCUT2D eigenvalue weighted by atomic mass is 10.2. The second-order valence-electron chi connectivity index (χ2n) is 5.11. The fourth-order valence-corrected chi connectivity index (χ4v) is 2.07. The number of nitrogens with one attached hydrogen (secondary N) is 2. The molecule has 0 unspecified atom stereocenters. The molecule has 5 nitrogen and oxygen atoms in total. The fourth-order valence-electron chi connectivity index (χ4n) is 1.85. The van der Waals surface area contributed by atoms with Gasteiger partial charge in [-0.25, -0.2) is 0 Å². The normalized spacial score (nSPS) is 13.6. The van der Waals surface area contributed by atoms with Gasteiger partial charge in [-0.1, -0.05) is 11.6 Å². The topological polar surface area (TPSA) is 67.4 Å². The molecule has 1 aliphatic carbocycles. The number of halogens is 1. The number of benzene rings is 1. The van der Waals surface area contributed by atoms with E-state index >= 15 is 0 Å². The largest absolute Gasteiger partial charge is 0.484 e. The first-order valence-electron chi connectivity index (χ1n) is 6.99. The van der Waals surface area contributed by atoms with Gasteiger partial charge in [0.15, 0.2) is 6.61 Å². The van der Waals surface area contributed by atoms with Gasteiger partial charge in [0, 0.05) is 24.0 Å². The summed E-state index contributed by atoms with van der Waals surface area (Å²) in [6, 6.07) is 5.23. The Morgan fingerprint density at radius 2 is 2.00 bits per heavy atom. The lowest BCUT2D eigenvalue weighted by molar-refractivity contribution is -0.124. The van der Waals surface area contributed by atoms with Crippen molar-refractivity contribution >= 4 is 23.4 Å². The number of carbonyl (C=O) groups excluding carboxylic acids is 2. The summed E-state index contributed by atoms with van der Waals surface area (Å²) in [4.78, 5) is 23.0. The van der Waals surface area contributed by atoms with Crippen LogP contribution in [-0.2, 0) is 9.59 Å². The van der Waals surface area contributed by atoms with Crippen molar-refractivity contribution in [2.75, 3.05) is 19.7 Å². The molecule has 114 valence electrons. The number of carbonyl (C=O) groups is 2. The highest BCUT2D eigenvalue weighted by atomic mass is 35.5. The van der Waals surface area contributed by atoms with E-state index in [2.05, 4.69) is 10.6 Å². The fraction of sp³-hybridized carbons (Fsp3) is 0.467. The zero-order chi connectivity index (χ0) is 15.2. The highest BCUT2D eigenvalue weighted by molar-refractivity contribution is 6.30. The Morgan fingerprint density at radius 3 is 2.67 bits per heavy atom. The van der Waals surface area contributed by atoms with E-state index in [1.165, 1.54) is 0 Å². The Bertz CT molecular complexity index is 530. The molecule has 1 aromatic rings. The van der Waals surface area contributed by atoms with E-state index in [1.54, 1.807) is 18.2 Å². The molecule has 0 bridgehead atoms. The van der Waals surface area contributed by atoms with E-state index in [-0.39, 0.29) is 24.3 Å². The van der Waals surface area contributed by atoms with E-state index < -0.39 is 0 Å². The maximum absolute atomic E-state index is 11.6. The lowest BCUT2D eigenvalue weighted by Crippen LogP contribution is -2.37. The van der Waals surface area contributed by atoms with Gasteiger partial charge in [0.2, 0.25) is 5.91 Å². The smallest absolute Gasteiger partial charge is 0.258 e. The van der Waals surface area contributed by atoms with Gasteiger partial charge in [-0.2, -0.15) is 0 Å². The summed E-state index contributed by atoms with van der Waals surface area (Å²) in [6.45, 7) is 2.66. The molecule has 1 aromatic carbocycles. The van der Waals surface area contributed by atoms with Gasteiger partial charge in [0.05, 0.1) is 0 Å². The van der Waals surface area contributed by atoms with Crippen LogP contribution in [0.4, 0.5) is 0 Å². The predicted octanol–water partition coefficient (Wildman–Crippen LogP) is 1.67. The van der Waals surface area contributed by atoms with Crippen LogP contribution < -0.4 is 15.4 Å². The molecule has 21 heavy (non-hydrogen) atoms. The van der Waals surface area contributed by atoms with Crippen molar-refractivity contribution in [1.82, 2.24) is 10.6 Å². The molecule has 6 heteroatoms. The number of hydrogen-bond donors (Lipinski definition) is 2. The van der Waals surface area contributed by atoms with Crippen LogP contribution in [0.1, 0.15) is 18.4 Å². The van der Waals surface area contributed by atoms with Crippen LogP contribution in [0, 0.1) is 12.8 Å². The molecule has 2 N–H and O–H groups in total. The van der Waals surface area contributed by atoms with Crippen molar-refractivity contribution in [3.05, 3.63) is 28.8 Å². The van der Waals surface area contributed by atoms with Gasteiger partial charge in [-0.3, -0.25) is 9.59 Å². The standard InChI is InChI=1S/C15H19ClN2O3/c1-10-8-12(16)4-5-13(10)21-9-14(19)17-6-7-18-15(20)11-2-3-11/h4-5,8,11H,2-3,6-7,9H2,1H3,(H,17,19)(H,18,20). The van der Waals surface area contributed by atoms with Gasteiger partial charge < -0.3 is 15.4 Å². The number of rotatable bonds is 7. The Kier molecular flexibility index (Phi) is 5.44. The molecular weight excluding hydrogens is 292 g/mol. The number of hydrogen-bond acceptors (Lipinski definition) is 3. The SMILES string of the molecule is Cc1cc(Cl)ccc1OCC(=O)NCCNC(=O)C1CC1. The minimum atomic E-state index is -0.218. The summed E-state index contributed by atoms with van der Waals surface area (Å²) in [5.74, 6) is 0.691. The Balaban J connectivity index is 1.61. The zero-order valence-electron chi connectivity index (χ0n) is 11.9. The highest BCUT2D eigenvalue weighted by Gasteiger charge is 2.28. The molecule has 1 fully saturated rings. The van der Waals surface area contributed by atoms with Crippen molar-refractivity contribution < 1.29 is 14.3 Å². The molecular formula is C15H19ClN2O3. The van der Waals surface area contributed by atoms with E-state index in [4.69, 9.17) is 16.3 Å². The Hall–Kier alpha value is -1.75. The minimum Gasteiger partial charge on any atom is -0.484 e. The summed E-state index contributed by atoms with van der Waals surface area (Å²) < 4.78 is 5.42. The predicted molar refractivity (Wildman–Crippen MR) is 80.4 cm³/mol. The van der Waals surface area contributed by atoms with Crippen molar-refractivity contribution in [1.29, 1.82) is 0 Å². The monoisotopic (exact) mass is 310 g/mol. The van der Waals surface area contributed by atoms with Gasteiger partial charge in [-0.15, -0.1) is 0 Å². The summed E-state index contributed by atoms with van der Waals surface area (Å²) in [5, 5.41) is 6.11. The number of amides is 2. The average Bonchev–Trinajstić information content (AvgIpc) is 3.27. The quantitative estimate of drug-likeness (QED) is 0.753. The van der Waals surface area contributed by atoms with Gasteiger partial charge in [0.25, 0.3) is 5.91 Å². The Labute approximate surface area is 129 Å². The Morgan fingerprint density at radius 1 is 1.29 bits per heavy atom. The van der Waals surface area contributed by atoms with Crippen LogP contribution in [0.25, 0.3) is 0 Å². The molecule has 0 heterocycles. The minimum absolute atomic E-state index is 0.0565. The third-order valence-corrected chi connectivity index (χ3v) is 3.43. The number of aryl methyl sites for hydroxylation is 1. The lowest BCUT2D eigenvalue weighted by Gasteiger charge is -2.10. The van der Waals surface area contributed by atoms with Gasteiger partial charge in [0.1, 0.15) is 5.75 Å². The van der Waals surface area contributed by atoms with Crippen molar-refractivity contribution in [2.45, 2.75) is 19.8 Å². The van der Waals surface area contributed by atoms with Crippen LogP contribution in [0.5, 0.6) is 5.75 Å². The maximum Gasteiger partial charge on any atom is 0.258 e. The maximum atomic E-state index is 11.6. The second kappa shape index (κ2) is 7.31. The van der Waals surface area contributed by atoms with E-state index in [0.717, 1.165) is 18.4 Å². The zero-order valence-corrected chi connectivity index (χ0v) is 12.7. The molecule has 0 aliphatic heterocycles. The first-order valence-corrected chi connectivity index (χ1v) is 7.37. The van der Waals surface area contributed by atoms with Crippen molar-refractivity contribution in [2.24, 2.45) is 5.92 Å². The summed E-state index contributed by atoms with van der Waals surface area (Å²) >= 11 is 5.85. The molecule has 1 saturated carbocycles.